The number of phenols is 1. The number of methoxy groups -OCH3 is 1. The summed E-state index contributed by atoms with van der Waals surface area (Å²) >= 11 is 0. The standard InChI is InChI=1S/C13H19NO2/c1-13(5-6-13)9-14-8-10-3-4-11(15)12(7-10)16-2/h3-4,7,14-15H,5-6,8-9H2,1-2H3. The fourth-order valence-corrected chi connectivity index (χ4v) is 1.73. The Hall–Kier alpha value is -1.22. The minimum atomic E-state index is 0.195. The van der Waals surface area contributed by atoms with Gasteiger partial charge in [0.1, 0.15) is 0 Å². The van der Waals surface area contributed by atoms with E-state index in [4.69, 9.17) is 4.74 Å². The molecule has 1 fully saturated rings. The van der Waals surface area contributed by atoms with Gasteiger partial charge in [-0.3, -0.25) is 0 Å². The highest BCUT2D eigenvalue weighted by atomic mass is 16.5. The molecule has 1 saturated carbocycles. The molecular formula is C13H19NO2. The number of aromatic hydroxyl groups is 1. The van der Waals surface area contributed by atoms with Gasteiger partial charge in [0, 0.05) is 13.1 Å². The minimum absolute atomic E-state index is 0.195. The van der Waals surface area contributed by atoms with Crippen LogP contribution in [0.4, 0.5) is 0 Å². The zero-order chi connectivity index (χ0) is 11.6. The highest BCUT2D eigenvalue weighted by molar-refractivity contribution is 5.41. The quantitative estimate of drug-likeness (QED) is 0.801. The largest absolute Gasteiger partial charge is 0.504 e. The van der Waals surface area contributed by atoms with Gasteiger partial charge in [-0.2, -0.15) is 0 Å². The molecule has 0 spiro atoms. The average Bonchev–Trinajstić information content (AvgIpc) is 2.99. The van der Waals surface area contributed by atoms with Crippen molar-refractivity contribution in [2.24, 2.45) is 5.41 Å². The Morgan fingerprint density at radius 2 is 2.19 bits per heavy atom. The summed E-state index contributed by atoms with van der Waals surface area (Å²) in [6.45, 7) is 4.19. The van der Waals surface area contributed by atoms with Gasteiger partial charge >= 0.3 is 0 Å². The summed E-state index contributed by atoms with van der Waals surface area (Å²) in [5, 5.41) is 12.9. The van der Waals surface area contributed by atoms with Gasteiger partial charge in [0.2, 0.25) is 0 Å². The molecule has 2 N–H and O–H groups in total. The van der Waals surface area contributed by atoms with Gasteiger partial charge in [0.15, 0.2) is 11.5 Å². The lowest BCUT2D eigenvalue weighted by Crippen LogP contribution is -2.21. The maximum Gasteiger partial charge on any atom is 0.160 e. The summed E-state index contributed by atoms with van der Waals surface area (Å²) in [5.41, 5.74) is 1.67. The van der Waals surface area contributed by atoms with E-state index in [1.807, 2.05) is 12.1 Å². The van der Waals surface area contributed by atoms with Crippen molar-refractivity contribution >= 4 is 0 Å². The minimum Gasteiger partial charge on any atom is -0.504 e. The van der Waals surface area contributed by atoms with Crippen LogP contribution in [0.3, 0.4) is 0 Å². The lowest BCUT2D eigenvalue weighted by atomic mass is 10.1. The molecule has 0 atom stereocenters. The Balaban J connectivity index is 1.88. The lowest BCUT2D eigenvalue weighted by Gasteiger charge is -2.11. The maximum atomic E-state index is 9.45. The fourth-order valence-electron chi connectivity index (χ4n) is 1.73. The topological polar surface area (TPSA) is 41.5 Å². The summed E-state index contributed by atoms with van der Waals surface area (Å²) in [7, 11) is 1.57. The number of rotatable bonds is 5. The number of hydrogen-bond acceptors (Lipinski definition) is 3. The van der Waals surface area contributed by atoms with Crippen LogP contribution in [-0.4, -0.2) is 18.8 Å². The van der Waals surface area contributed by atoms with Crippen molar-refractivity contribution in [3.05, 3.63) is 23.8 Å². The summed E-state index contributed by atoms with van der Waals surface area (Å²) < 4.78 is 5.07. The lowest BCUT2D eigenvalue weighted by molar-refractivity contribution is 0.372. The fraction of sp³-hybridized carbons (Fsp3) is 0.538. The number of hydrogen-bond donors (Lipinski definition) is 2. The summed E-state index contributed by atoms with van der Waals surface area (Å²) in [4.78, 5) is 0. The molecule has 3 heteroatoms. The monoisotopic (exact) mass is 221 g/mol. The average molecular weight is 221 g/mol. The first-order chi connectivity index (χ1) is 7.63. The first-order valence-corrected chi connectivity index (χ1v) is 5.70. The van der Waals surface area contributed by atoms with Gasteiger partial charge in [0.25, 0.3) is 0 Å². The third-order valence-corrected chi connectivity index (χ3v) is 3.23. The molecule has 0 saturated heterocycles. The Morgan fingerprint density at radius 1 is 1.44 bits per heavy atom. The van der Waals surface area contributed by atoms with E-state index in [0.717, 1.165) is 18.7 Å². The SMILES string of the molecule is COc1cc(CNCC2(C)CC2)ccc1O. The Bertz CT molecular complexity index is 372. The van der Waals surface area contributed by atoms with E-state index in [1.54, 1.807) is 13.2 Å². The van der Waals surface area contributed by atoms with Crippen LogP contribution in [-0.2, 0) is 6.54 Å². The van der Waals surface area contributed by atoms with E-state index in [1.165, 1.54) is 12.8 Å². The predicted molar refractivity (Wildman–Crippen MR) is 63.7 cm³/mol. The van der Waals surface area contributed by atoms with Crippen LogP contribution in [0.2, 0.25) is 0 Å². The van der Waals surface area contributed by atoms with Crippen molar-refractivity contribution in [1.29, 1.82) is 0 Å². The molecule has 0 bridgehead atoms. The van der Waals surface area contributed by atoms with E-state index < -0.39 is 0 Å². The highest BCUT2D eigenvalue weighted by Gasteiger charge is 2.36. The molecule has 0 aliphatic heterocycles. The second-order valence-electron chi connectivity index (χ2n) is 4.92. The zero-order valence-electron chi connectivity index (χ0n) is 9.92. The van der Waals surface area contributed by atoms with Crippen LogP contribution < -0.4 is 10.1 Å². The van der Waals surface area contributed by atoms with Gasteiger partial charge in [-0.05, 0) is 36.0 Å². The van der Waals surface area contributed by atoms with Crippen LogP contribution in [0.1, 0.15) is 25.3 Å². The molecule has 0 unspecified atom stereocenters. The number of ether oxygens (including phenoxy) is 1. The van der Waals surface area contributed by atoms with E-state index >= 15 is 0 Å². The third kappa shape index (κ3) is 2.67. The normalized spacial score (nSPS) is 17.1. The third-order valence-electron chi connectivity index (χ3n) is 3.23. The Kier molecular flexibility index (Phi) is 3.06. The van der Waals surface area contributed by atoms with Crippen molar-refractivity contribution in [1.82, 2.24) is 5.32 Å². The molecule has 2 rings (SSSR count). The second-order valence-corrected chi connectivity index (χ2v) is 4.92. The Labute approximate surface area is 96.4 Å². The molecule has 16 heavy (non-hydrogen) atoms. The van der Waals surface area contributed by atoms with Gasteiger partial charge in [-0.1, -0.05) is 13.0 Å². The van der Waals surface area contributed by atoms with Crippen molar-refractivity contribution < 1.29 is 9.84 Å². The highest BCUT2D eigenvalue weighted by Crippen LogP contribution is 2.44. The van der Waals surface area contributed by atoms with Gasteiger partial charge < -0.3 is 15.2 Å². The van der Waals surface area contributed by atoms with E-state index in [-0.39, 0.29) is 5.75 Å². The summed E-state index contributed by atoms with van der Waals surface area (Å²) in [5.74, 6) is 0.734. The molecule has 0 aromatic heterocycles. The summed E-state index contributed by atoms with van der Waals surface area (Å²) in [6.07, 6.45) is 2.66. The maximum absolute atomic E-state index is 9.45. The van der Waals surface area contributed by atoms with Crippen molar-refractivity contribution in [3.63, 3.8) is 0 Å². The molecule has 0 radical (unpaired) electrons. The number of benzene rings is 1. The Morgan fingerprint density at radius 3 is 2.81 bits per heavy atom. The van der Waals surface area contributed by atoms with Gasteiger partial charge in [-0.25, -0.2) is 0 Å². The van der Waals surface area contributed by atoms with Crippen molar-refractivity contribution in [3.8, 4) is 11.5 Å². The second kappa shape index (κ2) is 4.34. The van der Waals surface area contributed by atoms with Gasteiger partial charge in [0.05, 0.1) is 7.11 Å². The zero-order valence-corrected chi connectivity index (χ0v) is 9.92. The van der Waals surface area contributed by atoms with E-state index in [9.17, 15) is 5.11 Å². The first-order valence-electron chi connectivity index (χ1n) is 5.70. The van der Waals surface area contributed by atoms with E-state index in [2.05, 4.69) is 12.2 Å². The summed E-state index contributed by atoms with van der Waals surface area (Å²) in [6, 6.07) is 5.46. The van der Waals surface area contributed by atoms with Crippen molar-refractivity contribution in [2.75, 3.05) is 13.7 Å². The molecular weight excluding hydrogens is 202 g/mol. The molecule has 0 heterocycles. The first kappa shape index (κ1) is 11.3. The van der Waals surface area contributed by atoms with Crippen LogP contribution in [0.15, 0.2) is 18.2 Å². The predicted octanol–water partition coefficient (Wildman–Crippen LogP) is 2.29. The van der Waals surface area contributed by atoms with Crippen LogP contribution >= 0.6 is 0 Å². The van der Waals surface area contributed by atoms with Crippen LogP contribution in [0.25, 0.3) is 0 Å². The molecule has 3 nitrogen and oxygen atoms in total. The number of phenolic OH excluding ortho intramolecular Hbond substituents is 1. The molecule has 1 aliphatic carbocycles. The number of nitrogens with one attached hydrogen (secondary N) is 1. The van der Waals surface area contributed by atoms with Gasteiger partial charge in [-0.15, -0.1) is 0 Å². The molecule has 1 aromatic carbocycles. The van der Waals surface area contributed by atoms with Crippen LogP contribution in [0.5, 0.6) is 11.5 Å². The van der Waals surface area contributed by atoms with Crippen LogP contribution in [0, 0.1) is 5.41 Å². The molecule has 88 valence electrons. The smallest absolute Gasteiger partial charge is 0.160 e. The van der Waals surface area contributed by atoms with Crippen molar-refractivity contribution in [2.45, 2.75) is 26.3 Å². The molecule has 0 amide bonds. The molecule has 1 aromatic rings. The molecule has 1 aliphatic rings. The van der Waals surface area contributed by atoms with E-state index in [0.29, 0.717) is 11.2 Å².